The van der Waals surface area contributed by atoms with Gasteiger partial charge in [-0.05, 0) is 49.4 Å². The molecule has 94 heavy (non-hydrogen) atoms. The molecule has 0 spiro atoms. The Balaban J connectivity index is 5.22. The molecular formula is C75H146O17P2. The van der Waals surface area contributed by atoms with E-state index in [1.165, 1.54) is 173 Å². The van der Waals surface area contributed by atoms with Gasteiger partial charge in [0, 0.05) is 25.7 Å². The summed E-state index contributed by atoms with van der Waals surface area (Å²) in [5, 5.41) is 10.6. The summed E-state index contributed by atoms with van der Waals surface area (Å²) in [6, 6.07) is 0. The van der Waals surface area contributed by atoms with Crippen molar-refractivity contribution in [2.24, 2.45) is 23.7 Å². The smallest absolute Gasteiger partial charge is 0.462 e. The lowest BCUT2D eigenvalue weighted by Gasteiger charge is -2.21. The zero-order chi connectivity index (χ0) is 69.6. The second-order valence-corrected chi connectivity index (χ2v) is 31.4. The van der Waals surface area contributed by atoms with Crippen molar-refractivity contribution < 1.29 is 80.2 Å². The van der Waals surface area contributed by atoms with Crippen LogP contribution in [0.15, 0.2) is 0 Å². The fourth-order valence-corrected chi connectivity index (χ4v) is 12.9. The number of phosphoric ester groups is 2. The normalized spacial score (nSPS) is 14.7. The van der Waals surface area contributed by atoms with E-state index in [0.29, 0.717) is 25.7 Å². The van der Waals surface area contributed by atoms with Crippen LogP contribution in [0.4, 0.5) is 0 Å². The van der Waals surface area contributed by atoms with Gasteiger partial charge in [0.1, 0.15) is 19.3 Å². The fourth-order valence-electron chi connectivity index (χ4n) is 11.3. The molecule has 0 amide bonds. The molecule has 0 fully saturated rings. The number of unbranched alkanes of at least 4 members (excludes halogenated alkanes) is 36. The highest BCUT2D eigenvalue weighted by Gasteiger charge is 2.30. The van der Waals surface area contributed by atoms with E-state index in [1.807, 2.05) is 0 Å². The molecule has 17 nitrogen and oxygen atoms in total. The van der Waals surface area contributed by atoms with Crippen LogP contribution in [0.1, 0.15) is 376 Å². The summed E-state index contributed by atoms with van der Waals surface area (Å²) in [4.78, 5) is 72.7. The summed E-state index contributed by atoms with van der Waals surface area (Å²) < 4.78 is 68.5. The van der Waals surface area contributed by atoms with E-state index in [0.717, 1.165) is 120 Å². The van der Waals surface area contributed by atoms with E-state index >= 15 is 0 Å². The molecule has 0 saturated carbocycles. The Labute approximate surface area is 575 Å². The van der Waals surface area contributed by atoms with E-state index in [2.05, 4.69) is 55.4 Å². The molecule has 0 heterocycles. The summed E-state index contributed by atoms with van der Waals surface area (Å²) in [6.45, 7) is 14.2. The van der Waals surface area contributed by atoms with Crippen LogP contribution in [-0.2, 0) is 65.4 Å². The van der Waals surface area contributed by atoms with Gasteiger partial charge in [-0.25, -0.2) is 9.13 Å². The molecule has 3 N–H and O–H groups in total. The number of carbonyl (C=O) groups excluding carboxylic acids is 4. The molecule has 0 radical (unpaired) electrons. The molecule has 7 atom stereocenters. The number of aliphatic hydroxyl groups is 1. The highest BCUT2D eigenvalue weighted by atomic mass is 31.2. The average molecular weight is 1380 g/mol. The molecule has 0 rings (SSSR count). The topological polar surface area (TPSA) is 237 Å². The lowest BCUT2D eigenvalue weighted by molar-refractivity contribution is -0.161. The Morgan fingerprint density at radius 3 is 0.755 bits per heavy atom. The van der Waals surface area contributed by atoms with Crippen LogP contribution >= 0.6 is 15.6 Å². The lowest BCUT2D eigenvalue weighted by atomic mass is 9.99. The third-order valence-electron chi connectivity index (χ3n) is 18.0. The maximum Gasteiger partial charge on any atom is 0.472 e. The minimum absolute atomic E-state index is 0.104. The fraction of sp³-hybridized carbons (Fsp3) is 0.947. The second kappa shape index (κ2) is 64.4. The Hall–Kier alpha value is -1.94. The van der Waals surface area contributed by atoms with Crippen LogP contribution in [0.25, 0.3) is 0 Å². The number of aliphatic hydroxyl groups excluding tert-OH is 1. The van der Waals surface area contributed by atoms with Crippen LogP contribution in [0.3, 0.4) is 0 Å². The van der Waals surface area contributed by atoms with Crippen molar-refractivity contribution in [2.45, 2.75) is 395 Å². The van der Waals surface area contributed by atoms with Crippen molar-refractivity contribution in [3.63, 3.8) is 0 Å². The maximum absolute atomic E-state index is 13.1. The number of hydrogen-bond donors (Lipinski definition) is 3. The first-order valence-corrected chi connectivity index (χ1v) is 41.8. The number of esters is 4. The van der Waals surface area contributed by atoms with Crippen LogP contribution in [-0.4, -0.2) is 96.7 Å². The van der Waals surface area contributed by atoms with Crippen LogP contribution in [0, 0.1) is 23.7 Å². The Kier molecular flexibility index (Phi) is 63.1. The second-order valence-electron chi connectivity index (χ2n) is 28.5. The molecule has 0 bridgehead atoms. The molecule has 558 valence electrons. The maximum atomic E-state index is 13.1. The van der Waals surface area contributed by atoms with E-state index in [-0.39, 0.29) is 25.7 Å². The number of ether oxygens (including phenoxy) is 4. The van der Waals surface area contributed by atoms with Gasteiger partial charge < -0.3 is 33.8 Å². The van der Waals surface area contributed by atoms with Crippen LogP contribution in [0.2, 0.25) is 0 Å². The predicted molar refractivity (Wildman–Crippen MR) is 381 cm³/mol. The largest absolute Gasteiger partial charge is 0.472 e. The molecule has 4 unspecified atom stereocenters. The summed E-state index contributed by atoms with van der Waals surface area (Å²) in [6.07, 6.45) is 48.6. The van der Waals surface area contributed by atoms with Gasteiger partial charge in [0.15, 0.2) is 12.2 Å². The van der Waals surface area contributed by atoms with Gasteiger partial charge in [0.25, 0.3) is 0 Å². The third-order valence-corrected chi connectivity index (χ3v) is 19.9. The molecule has 19 heteroatoms. The van der Waals surface area contributed by atoms with Gasteiger partial charge in [-0.3, -0.25) is 37.3 Å². The summed E-state index contributed by atoms with van der Waals surface area (Å²) in [5.41, 5.74) is 0. The number of rotatable bonds is 72. The van der Waals surface area contributed by atoms with E-state index in [9.17, 15) is 43.2 Å². The zero-order valence-corrected chi connectivity index (χ0v) is 63.4. The van der Waals surface area contributed by atoms with Crippen LogP contribution < -0.4 is 0 Å². The van der Waals surface area contributed by atoms with Crippen molar-refractivity contribution in [3.8, 4) is 0 Å². The summed E-state index contributed by atoms with van der Waals surface area (Å²) in [7, 11) is -9.91. The van der Waals surface area contributed by atoms with Crippen molar-refractivity contribution in [1.29, 1.82) is 0 Å². The first kappa shape index (κ1) is 92.1. The molecule has 0 aliphatic carbocycles. The van der Waals surface area contributed by atoms with Gasteiger partial charge in [-0.15, -0.1) is 0 Å². The van der Waals surface area contributed by atoms with E-state index < -0.39 is 97.5 Å². The van der Waals surface area contributed by atoms with E-state index in [4.69, 9.17) is 37.0 Å². The predicted octanol–water partition coefficient (Wildman–Crippen LogP) is 21.7. The standard InChI is InChI=1S/C75H146O17P2/c1-9-67(7)53-45-37-29-22-19-20-23-30-39-47-55-72(77)85-61-70(92-75(80)58-50-42-32-26-25-28-36-44-52-66(5)6)63-89-93(81,82)87-59-69(76)60-88-94(83,84)90-64-71(62-86-73(78)56-48-40-34-33-38-46-54-68(8)10-2)91-74(79)57-49-41-31-24-18-16-14-12-11-13-15-17-21-27-35-43-51-65(3)4/h65-71,76H,9-64H2,1-8H3,(H,81,82)(H,83,84)/t67?,68?,69-,70-,71-/m1/s1. The zero-order valence-electron chi connectivity index (χ0n) is 61.6. The molecule has 0 aliphatic rings. The molecule has 0 saturated heterocycles. The number of carbonyl (C=O) groups is 4. The third kappa shape index (κ3) is 66.0. The van der Waals surface area contributed by atoms with Gasteiger partial charge >= 0.3 is 39.5 Å². The molecule has 0 aromatic carbocycles. The summed E-state index contributed by atoms with van der Waals surface area (Å²) >= 11 is 0. The van der Waals surface area contributed by atoms with E-state index in [1.54, 1.807) is 0 Å². The average Bonchev–Trinajstić information content (AvgIpc) is 1.47. The summed E-state index contributed by atoms with van der Waals surface area (Å²) in [5.74, 6) is 0.943. The number of phosphoric acid groups is 2. The van der Waals surface area contributed by atoms with Crippen molar-refractivity contribution >= 4 is 39.5 Å². The quantitative estimate of drug-likeness (QED) is 0.0222. The Bertz CT molecular complexity index is 1850. The molecule has 0 aliphatic heterocycles. The Morgan fingerprint density at radius 2 is 0.511 bits per heavy atom. The lowest BCUT2D eigenvalue weighted by Crippen LogP contribution is -2.30. The van der Waals surface area contributed by atoms with Gasteiger partial charge in [-0.1, -0.05) is 325 Å². The first-order chi connectivity index (χ1) is 45.2. The molecule has 0 aromatic rings. The monoisotopic (exact) mass is 1380 g/mol. The first-order valence-electron chi connectivity index (χ1n) is 38.8. The van der Waals surface area contributed by atoms with Gasteiger partial charge in [0.2, 0.25) is 0 Å². The Morgan fingerprint density at radius 1 is 0.298 bits per heavy atom. The van der Waals surface area contributed by atoms with Crippen molar-refractivity contribution in [1.82, 2.24) is 0 Å². The minimum atomic E-state index is -4.96. The van der Waals surface area contributed by atoms with Crippen molar-refractivity contribution in [3.05, 3.63) is 0 Å². The highest BCUT2D eigenvalue weighted by Crippen LogP contribution is 2.45. The van der Waals surface area contributed by atoms with Crippen molar-refractivity contribution in [2.75, 3.05) is 39.6 Å². The van der Waals surface area contributed by atoms with Crippen LogP contribution in [0.5, 0.6) is 0 Å². The molecular weight excluding hydrogens is 1230 g/mol. The number of hydrogen-bond acceptors (Lipinski definition) is 15. The SMILES string of the molecule is CCC(C)CCCCCCCCCCCCC(=O)OC[C@H](COP(=O)(O)OC[C@@H](O)COP(=O)(O)OC[C@@H](COC(=O)CCCCCCCCC(C)CC)OC(=O)CCCCCCCCCCCCCCCCCCC(C)C)OC(=O)CCCCCCCCCCC(C)C. The highest BCUT2D eigenvalue weighted by molar-refractivity contribution is 7.47. The van der Waals surface area contributed by atoms with Gasteiger partial charge in [-0.2, -0.15) is 0 Å². The molecule has 0 aromatic heterocycles. The van der Waals surface area contributed by atoms with Gasteiger partial charge in [0.05, 0.1) is 26.4 Å². The minimum Gasteiger partial charge on any atom is -0.462 e.